The molecule has 0 saturated carbocycles. The minimum atomic E-state index is 0.304. The second-order valence-electron chi connectivity index (χ2n) is 5.58. The lowest BCUT2D eigenvalue weighted by Gasteiger charge is -2.21. The van der Waals surface area contributed by atoms with Crippen LogP contribution in [0.1, 0.15) is 44.1 Å². The smallest absolute Gasteiger partial charge is 0.0513 e. The number of benzene rings is 1. The van der Waals surface area contributed by atoms with Crippen molar-refractivity contribution in [1.82, 2.24) is 5.43 Å². The molecule has 0 amide bonds. The number of allylic oxidation sites excluding steroid dienone is 1. The van der Waals surface area contributed by atoms with Crippen LogP contribution in [0.3, 0.4) is 0 Å². The zero-order valence-electron chi connectivity index (χ0n) is 12.4. The summed E-state index contributed by atoms with van der Waals surface area (Å²) in [7, 11) is 0. The van der Waals surface area contributed by atoms with Crippen LogP contribution in [0.25, 0.3) is 0 Å². The van der Waals surface area contributed by atoms with Gasteiger partial charge in [-0.3, -0.25) is 11.3 Å². The molecule has 1 atom stereocenters. The number of hydrogen-bond acceptors (Lipinski definition) is 3. The van der Waals surface area contributed by atoms with Crippen molar-refractivity contribution in [2.75, 3.05) is 5.75 Å². The first-order valence-electron chi connectivity index (χ1n) is 7.64. The number of rotatable bonds is 5. The number of nitrogens with one attached hydrogen (secondary N) is 1. The Morgan fingerprint density at radius 3 is 2.90 bits per heavy atom. The lowest BCUT2D eigenvalue weighted by atomic mass is 9.96. The molecule has 0 heterocycles. The second kappa shape index (κ2) is 8.50. The molecule has 20 heavy (non-hydrogen) atoms. The summed E-state index contributed by atoms with van der Waals surface area (Å²) in [6.45, 7) is 2.14. The third-order valence-electron chi connectivity index (χ3n) is 3.88. The van der Waals surface area contributed by atoms with E-state index in [-0.39, 0.29) is 0 Å². The van der Waals surface area contributed by atoms with E-state index in [2.05, 4.69) is 42.7 Å². The van der Waals surface area contributed by atoms with Crippen molar-refractivity contribution in [1.29, 1.82) is 0 Å². The molecule has 0 aromatic heterocycles. The van der Waals surface area contributed by atoms with Crippen LogP contribution in [-0.4, -0.2) is 11.8 Å². The first-order chi connectivity index (χ1) is 9.79. The maximum absolute atomic E-state index is 5.78. The van der Waals surface area contributed by atoms with Crippen LogP contribution in [0.5, 0.6) is 0 Å². The Bertz CT molecular complexity index is 442. The normalized spacial score (nSPS) is 20.6. The van der Waals surface area contributed by atoms with Gasteiger partial charge in [-0.05, 0) is 44.7 Å². The van der Waals surface area contributed by atoms with E-state index in [1.54, 1.807) is 0 Å². The predicted molar refractivity (Wildman–Crippen MR) is 88.8 cm³/mol. The zero-order chi connectivity index (χ0) is 14.2. The molecule has 0 fully saturated rings. The molecule has 1 unspecified atom stereocenters. The number of hydrogen-bond donors (Lipinski definition) is 2. The fraction of sp³-hybridized carbons (Fsp3) is 0.529. The molecule has 1 aliphatic rings. The Balaban J connectivity index is 1.94. The van der Waals surface area contributed by atoms with Crippen molar-refractivity contribution in [2.24, 2.45) is 5.84 Å². The highest BCUT2D eigenvalue weighted by molar-refractivity contribution is 7.99. The molecule has 3 N–H and O–H groups in total. The topological polar surface area (TPSA) is 38.0 Å². The Kier molecular flexibility index (Phi) is 6.64. The van der Waals surface area contributed by atoms with Gasteiger partial charge in [0.15, 0.2) is 0 Å². The SMILES string of the molecule is Cc1cccc(SCC(NN)/C2=C/CCCCCC2)c1. The summed E-state index contributed by atoms with van der Waals surface area (Å²) in [5, 5.41) is 0. The van der Waals surface area contributed by atoms with Crippen molar-refractivity contribution in [2.45, 2.75) is 56.4 Å². The highest BCUT2D eigenvalue weighted by Gasteiger charge is 2.14. The van der Waals surface area contributed by atoms with Crippen molar-refractivity contribution >= 4 is 11.8 Å². The minimum Gasteiger partial charge on any atom is -0.271 e. The van der Waals surface area contributed by atoms with Crippen LogP contribution in [0, 0.1) is 6.92 Å². The Labute approximate surface area is 127 Å². The summed E-state index contributed by atoms with van der Waals surface area (Å²) < 4.78 is 0. The molecule has 0 bridgehead atoms. The van der Waals surface area contributed by atoms with Crippen LogP contribution in [0.2, 0.25) is 0 Å². The lowest BCUT2D eigenvalue weighted by molar-refractivity contribution is 0.567. The van der Waals surface area contributed by atoms with E-state index in [4.69, 9.17) is 5.84 Å². The molecule has 0 aliphatic heterocycles. The van der Waals surface area contributed by atoms with Gasteiger partial charge in [-0.2, -0.15) is 0 Å². The molecule has 2 nitrogen and oxygen atoms in total. The van der Waals surface area contributed by atoms with Crippen LogP contribution in [0.15, 0.2) is 40.8 Å². The quantitative estimate of drug-likeness (QED) is 0.369. The monoisotopic (exact) mass is 290 g/mol. The van der Waals surface area contributed by atoms with Crippen LogP contribution >= 0.6 is 11.8 Å². The zero-order valence-corrected chi connectivity index (χ0v) is 13.2. The number of hydrazine groups is 1. The van der Waals surface area contributed by atoms with Gasteiger partial charge in [0.2, 0.25) is 0 Å². The molecule has 1 aromatic carbocycles. The van der Waals surface area contributed by atoms with Gasteiger partial charge >= 0.3 is 0 Å². The van der Waals surface area contributed by atoms with Gasteiger partial charge in [0.05, 0.1) is 6.04 Å². The summed E-state index contributed by atoms with van der Waals surface area (Å²) >= 11 is 1.89. The molecule has 0 spiro atoms. The molecule has 1 aromatic rings. The van der Waals surface area contributed by atoms with Crippen molar-refractivity contribution in [3.05, 3.63) is 41.5 Å². The van der Waals surface area contributed by atoms with Crippen LogP contribution in [-0.2, 0) is 0 Å². The van der Waals surface area contributed by atoms with Gasteiger partial charge in [-0.25, -0.2) is 0 Å². The van der Waals surface area contributed by atoms with Crippen molar-refractivity contribution in [3.8, 4) is 0 Å². The Morgan fingerprint density at radius 2 is 2.10 bits per heavy atom. The van der Waals surface area contributed by atoms with Crippen molar-refractivity contribution in [3.63, 3.8) is 0 Å². The summed E-state index contributed by atoms with van der Waals surface area (Å²) in [6, 6.07) is 8.99. The molecular formula is C17H26N2S. The van der Waals surface area contributed by atoms with Gasteiger partial charge in [0.1, 0.15) is 0 Å². The highest BCUT2D eigenvalue weighted by atomic mass is 32.2. The summed E-state index contributed by atoms with van der Waals surface area (Å²) in [5.41, 5.74) is 5.84. The van der Waals surface area contributed by atoms with Gasteiger partial charge in [-0.1, -0.05) is 42.2 Å². The summed E-state index contributed by atoms with van der Waals surface area (Å²) in [4.78, 5) is 1.33. The van der Waals surface area contributed by atoms with Gasteiger partial charge in [0.25, 0.3) is 0 Å². The van der Waals surface area contributed by atoms with E-state index >= 15 is 0 Å². The average Bonchev–Trinajstić information content (AvgIpc) is 2.41. The molecule has 0 radical (unpaired) electrons. The molecule has 3 heteroatoms. The van der Waals surface area contributed by atoms with Gasteiger partial charge < -0.3 is 0 Å². The Morgan fingerprint density at radius 1 is 1.25 bits per heavy atom. The minimum absolute atomic E-state index is 0.304. The average molecular weight is 290 g/mol. The second-order valence-corrected chi connectivity index (χ2v) is 6.67. The van der Waals surface area contributed by atoms with E-state index in [1.165, 1.54) is 54.6 Å². The number of nitrogens with two attached hydrogens (primary N) is 1. The van der Waals surface area contributed by atoms with Crippen LogP contribution in [0.4, 0.5) is 0 Å². The third kappa shape index (κ3) is 4.97. The molecule has 110 valence electrons. The lowest BCUT2D eigenvalue weighted by Crippen LogP contribution is -2.38. The fourth-order valence-corrected chi connectivity index (χ4v) is 3.79. The first kappa shape index (κ1) is 15.6. The van der Waals surface area contributed by atoms with Crippen molar-refractivity contribution < 1.29 is 0 Å². The standard InChI is InChI=1S/C17H26N2S/c1-14-8-7-11-16(12-14)20-13-17(19-18)15-9-5-3-2-4-6-10-15/h7-9,11-12,17,19H,2-6,10,13,18H2,1H3/b15-9+. The molecular weight excluding hydrogens is 264 g/mol. The Hall–Kier alpha value is -0.770. The first-order valence-corrected chi connectivity index (χ1v) is 8.62. The highest BCUT2D eigenvalue weighted by Crippen LogP contribution is 2.25. The largest absolute Gasteiger partial charge is 0.271 e. The maximum atomic E-state index is 5.78. The molecule has 0 saturated heterocycles. The third-order valence-corrected chi connectivity index (χ3v) is 4.97. The van der Waals surface area contributed by atoms with E-state index in [0.717, 1.165) is 5.75 Å². The van der Waals surface area contributed by atoms with Gasteiger partial charge in [0, 0.05) is 10.6 Å². The van der Waals surface area contributed by atoms with E-state index < -0.39 is 0 Å². The summed E-state index contributed by atoms with van der Waals surface area (Å²) in [5.74, 6) is 6.79. The fourth-order valence-electron chi connectivity index (χ4n) is 2.68. The number of aryl methyl sites for hydroxylation is 1. The van der Waals surface area contributed by atoms with E-state index in [0.29, 0.717) is 6.04 Å². The predicted octanol–water partition coefficient (Wildman–Crippen LogP) is 4.20. The summed E-state index contributed by atoms with van der Waals surface area (Å²) in [6.07, 6.45) is 10.2. The van der Waals surface area contributed by atoms with E-state index in [1.807, 2.05) is 11.8 Å². The maximum Gasteiger partial charge on any atom is 0.0513 e. The molecule has 2 rings (SSSR count). The van der Waals surface area contributed by atoms with E-state index in [9.17, 15) is 0 Å². The van der Waals surface area contributed by atoms with Crippen LogP contribution < -0.4 is 11.3 Å². The van der Waals surface area contributed by atoms with Gasteiger partial charge in [-0.15, -0.1) is 11.8 Å². The number of thioether (sulfide) groups is 1. The molecule has 1 aliphatic carbocycles.